The van der Waals surface area contributed by atoms with Crippen LogP contribution >= 0.6 is 11.6 Å². The molecule has 1 aromatic rings. The third kappa shape index (κ3) is 4.21. The second-order valence-electron chi connectivity index (χ2n) is 5.11. The third-order valence-electron chi connectivity index (χ3n) is 3.57. The van der Waals surface area contributed by atoms with Crippen LogP contribution in [-0.4, -0.2) is 53.7 Å². The van der Waals surface area contributed by atoms with Crippen LogP contribution in [0.3, 0.4) is 0 Å². The number of hydrogen-bond acceptors (Lipinski definition) is 3. The van der Waals surface area contributed by atoms with Gasteiger partial charge >= 0.3 is 11.8 Å². The van der Waals surface area contributed by atoms with Crippen molar-refractivity contribution in [2.24, 2.45) is 0 Å². The van der Waals surface area contributed by atoms with E-state index in [-0.39, 0.29) is 12.5 Å². The Morgan fingerprint density at radius 2 is 1.59 bits per heavy atom. The maximum absolute atomic E-state index is 12.0. The largest absolute Gasteiger partial charge is 0.344 e. The summed E-state index contributed by atoms with van der Waals surface area (Å²) in [5.41, 5.74) is 0.868. The standard InChI is InChI=1S/C15H18ClN3O3/c1-11(20)18-6-8-19(9-7-18)15(22)14(21)17-10-12-2-4-13(16)5-3-12/h2-5H,6-10H2,1H3,(H,17,21). The molecule has 1 aromatic carbocycles. The molecule has 1 saturated heterocycles. The number of nitrogens with one attached hydrogen (secondary N) is 1. The van der Waals surface area contributed by atoms with Crippen molar-refractivity contribution in [1.82, 2.24) is 15.1 Å². The molecule has 0 atom stereocenters. The maximum Gasteiger partial charge on any atom is 0.312 e. The molecule has 2 rings (SSSR count). The molecule has 0 bridgehead atoms. The molecule has 0 radical (unpaired) electrons. The fourth-order valence-corrected chi connectivity index (χ4v) is 2.35. The summed E-state index contributed by atoms with van der Waals surface area (Å²) in [7, 11) is 0. The molecule has 1 fully saturated rings. The monoisotopic (exact) mass is 323 g/mol. The number of rotatable bonds is 2. The molecule has 0 spiro atoms. The van der Waals surface area contributed by atoms with Gasteiger partial charge in [0.1, 0.15) is 0 Å². The number of benzene rings is 1. The summed E-state index contributed by atoms with van der Waals surface area (Å²) < 4.78 is 0. The Morgan fingerprint density at radius 3 is 2.14 bits per heavy atom. The lowest BCUT2D eigenvalue weighted by Gasteiger charge is -2.33. The average Bonchev–Trinajstić information content (AvgIpc) is 2.53. The number of piperazine rings is 1. The predicted molar refractivity (Wildman–Crippen MR) is 82.1 cm³/mol. The third-order valence-corrected chi connectivity index (χ3v) is 3.82. The van der Waals surface area contributed by atoms with E-state index in [4.69, 9.17) is 11.6 Å². The van der Waals surface area contributed by atoms with Crippen LogP contribution in [0.1, 0.15) is 12.5 Å². The lowest BCUT2D eigenvalue weighted by molar-refractivity contribution is -0.148. The van der Waals surface area contributed by atoms with Gasteiger partial charge in [0.25, 0.3) is 0 Å². The lowest BCUT2D eigenvalue weighted by Crippen LogP contribution is -2.53. The Hall–Kier alpha value is -2.08. The first-order chi connectivity index (χ1) is 10.5. The second-order valence-corrected chi connectivity index (χ2v) is 5.54. The minimum Gasteiger partial charge on any atom is -0.344 e. The molecule has 3 amide bonds. The van der Waals surface area contributed by atoms with Crippen LogP contribution in [0.15, 0.2) is 24.3 Å². The van der Waals surface area contributed by atoms with Gasteiger partial charge in [0.05, 0.1) is 0 Å². The fraction of sp³-hybridized carbons (Fsp3) is 0.400. The van der Waals surface area contributed by atoms with E-state index in [9.17, 15) is 14.4 Å². The summed E-state index contributed by atoms with van der Waals surface area (Å²) in [6, 6.07) is 7.04. The van der Waals surface area contributed by atoms with Crippen molar-refractivity contribution in [2.75, 3.05) is 26.2 Å². The molecule has 1 N–H and O–H groups in total. The topological polar surface area (TPSA) is 69.7 Å². The van der Waals surface area contributed by atoms with Crippen molar-refractivity contribution < 1.29 is 14.4 Å². The van der Waals surface area contributed by atoms with E-state index < -0.39 is 11.8 Å². The van der Waals surface area contributed by atoms with E-state index in [2.05, 4.69) is 5.32 Å². The average molecular weight is 324 g/mol. The fourth-order valence-electron chi connectivity index (χ4n) is 2.23. The van der Waals surface area contributed by atoms with Gasteiger partial charge < -0.3 is 15.1 Å². The van der Waals surface area contributed by atoms with E-state index in [0.29, 0.717) is 31.2 Å². The Balaban J connectivity index is 1.81. The molecular weight excluding hydrogens is 306 g/mol. The van der Waals surface area contributed by atoms with Crippen molar-refractivity contribution in [2.45, 2.75) is 13.5 Å². The SMILES string of the molecule is CC(=O)N1CCN(C(=O)C(=O)NCc2ccc(Cl)cc2)CC1. The summed E-state index contributed by atoms with van der Waals surface area (Å²) in [5, 5.41) is 3.22. The van der Waals surface area contributed by atoms with Crippen LogP contribution in [0.5, 0.6) is 0 Å². The van der Waals surface area contributed by atoms with Crippen molar-refractivity contribution in [3.63, 3.8) is 0 Å². The molecular formula is C15H18ClN3O3. The number of halogens is 1. The molecule has 6 nitrogen and oxygen atoms in total. The van der Waals surface area contributed by atoms with Crippen LogP contribution in [0.25, 0.3) is 0 Å². The molecule has 7 heteroatoms. The smallest absolute Gasteiger partial charge is 0.312 e. The van der Waals surface area contributed by atoms with E-state index in [0.717, 1.165) is 5.56 Å². The first-order valence-corrected chi connectivity index (χ1v) is 7.42. The van der Waals surface area contributed by atoms with Crippen LogP contribution in [0, 0.1) is 0 Å². The second kappa shape index (κ2) is 7.26. The molecule has 118 valence electrons. The Kier molecular flexibility index (Phi) is 5.38. The number of carbonyl (C=O) groups excluding carboxylic acids is 3. The van der Waals surface area contributed by atoms with Crippen molar-refractivity contribution >= 4 is 29.3 Å². The maximum atomic E-state index is 12.0. The Bertz CT molecular complexity index is 566. The van der Waals surface area contributed by atoms with Gasteiger partial charge in [-0.05, 0) is 17.7 Å². The quantitative estimate of drug-likeness (QED) is 0.812. The summed E-state index contributed by atoms with van der Waals surface area (Å²) in [4.78, 5) is 38.3. The highest BCUT2D eigenvalue weighted by molar-refractivity contribution is 6.35. The Morgan fingerprint density at radius 1 is 1.05 bits per heavy atom. The van der Waals surface area contributed by atoms with Gasteiger partial charge in [0, 0.05) is 44.7 Å². The van der Waals surface area contributed by atoms with Gasteiger partial charge in [-0.2, -0.15) is 0 Å². The Labute approximate surface area is 134 Å². The first-order valence-electron chi connectivity index (χ1n) is 7.04. The van der Waals surface area contributed by atoms with Crippen LogP contribution < -0.4 is 5.32 Å². The molecule has 22 heavy (non-hydrogen) atoms. The summed E-state index contributed by atoms with van der Waals surface area (Å²) >= 11 is 5.78. The lowest BCUT2D eigenvalue weighted by atomic mass is 10.2. The zero-order valence-corrected chi connectivity index (χ0v) is 13.1. The van der Waals surface area contributed by atoms with E-state index in [1.54, 1.807) is 29.2 Å². The normalized spacial score (nSPS) is 14.6. The van der Waals surface area contributed by atoms with Crippen LogP contribution in [-0.2, 0) is 20.9 Å². The number of carbonyl (C=O) groups is 3. The van der Waals surface area contributed by atoms with Crippen molar-refractivity contribution in [1.29, 1.82) is 0 Å². The highest BCUT2D eigenvalue weighted by atomic mass is 35.5. The zero-order valence-electron chi connectivity index (χ0n) is 12.3. The molecule has 0 aromatic heterocycles. The molecule has 1 aliphatic rings. The van der Waals surface area contributed by atoms with Crippen LogP contribution in [0.2, 0.25) is 5.02 Å². The van der Waals surface area contributed by atoms with E-state index >= 15 is 0 Å². The number of nitrogens with zero attached hydrogens (tertiary/aromatic N) is 2. The molecule has 0 unspecified atom stereocenters. The summed E-state index contributed by atoms with van der Waals surface area (Å²) in [5.74, 6) is -1.21. The van der Waals surface area contributed by atoms with Gasteiger partial charge in [-0.1, -0.05) is 23.7 Å². The minimum atomic E-state index is -0.633. The minimum absolute atomic E-state index is 0.0145. The first kappa shape index (κ1) is 16.3. The van der Waals surface area contributed by atoms with Gasteiger partial charge in [0.15, 0.2) is 0 Å². The summed E-state index contributed by atoms with van der Waals surface area (Å²) in [6.07, 6.45) is 0. The predicted octanol–water partition coefficient (Wildman–Crippen LogP) is 0.647. The van der Waals surface area contributed by atoms with Crippen LogP contribution in [0.4, 0.5) is 0 Å². The van der Waals surface area contributed by atoms with Gasteiger partial charge in [-0.15, -0.1) is 0 Å². The molecule has 1 aliphatic heterocycles. The van der Waals surface area contributed by atoms with E-state index in [1.807, 2.05) is 0 Å². The highest BCUT2D eigenvalue weighted by Gasteiger charge is 2.26. The van der Waals surface area contributed by atoms with Gasteiger partial charge in [-0.3, -0.25) is 14.4 Å². The number of hydrogen-bond donors (Lipinski definition) is 1. The molecule has 0 aliphatic carbocycles. The zero-order chi connectivity index (χ0) is 16.1. The molecule has 1 heterocycles. The van der Waals surface area contributed by atoms with Gasteiger partial charge in [-0.25, -0.2) is 0 Å². The molecule has 0 saturated carbocycles. The van der Waals surface area contributed by atoms with E-state index in [1.165, 1.54) is 11.8 Å². The van der Waals surface area contributed by atoms with Gasteiger partial charge in [0.2, 0.25) is 5.91 Å². The van der Waals surface area contributed by atoms with Crippen molar-refractivity contribution in [3.8, 4) is 0 Å². The summed E-state index contributed by atoms with van der Waals surface area (Å²) in [6.45, 7) is 3.46. The number of amides is 3. The highest BCUT2D eigenvalue weighted by Crippen LogP contribution is 2.09. The van der Waals surface area contributed by atoms with Crippen molar-refractivity contribution in [3.05, 3.63) is 34.9 Å².